The fourth-order valence-corrected chi connectivity index (χ4v) is 1.14. The summed E-state index contributed by atoms with van der Waals surface area (Å²) in [5, 5.41) is 3.97. The highest BCUT2D eigenvalue weighted by atomic mass is 35.5. The molecule has 0 aliphatic carbocycles. The van der Waals surface area contributed by atoms with E-state index < -0.39 is 0 Å². The van der Waals surface area contributed by atoms with E-state index in [1.165, 1.54) is 0 Å². The number of hydrogen-bond donors (Lipinski definition) is 1. The van der Waals surface area contributed by atoms with Crippen molar-refractivity contribution in [3.8, 4) is 0 Å². The Morgan fingerprint density at radius 2 is 2.17 bits per heavy atom. The quantitative estimate of drug-likeness (QED) is 0.766. The number of nitrogens with one attached hydrogen (secondary N) is 1. The third kappa shape index (κ3) is 2.40. The molecule has 0 amide bonds. The van der Waals surface area contributed by atoms with Crippen molar-refractivity contribution in [3.63, 3.8) is 0 Å². The van der Waals surface area contributed by atoms with E-state index in [0.29, 0.717) is 15.7 Å². The first-order valence-corrected chi connectivity index (χ1v) is 4.12. The number of rotatable bonds is 3. The molecule has 0 radical (unpaired) electrons. The molecule has 0 aliphatic heterocycles. The van der Waals surface area contributed by atoms with E-state index in [0.717, 1.165) is 6.29 Å². The average Bonchev–Trinajstić information content (AvgIpc) is 2.07. The molecule has 1 rings (SSSR count). The van der Waals surface area contributed by atoms with Crippen molar-refractivity contribution < 1.29 is 4.79 Å². The predicted octanol–water partition coefficient (Wildman–Crippen LogP) is 2.60. The largest absolute Gasteiger partial charge is 0.377 e. The van der Waals surface area contributed by atoms with Crippen LogP contribution in [0.2, 0.25) is 10.0 Å². The Morgan fingerprint density at radius 1 is 1.42 bits per heavy atom. The van der Waals surface area contributed by atoms with Gasteiger partial charge in [-0.15, -0.1) is 0 Å². The molecule has 0 unspecified atom stereocenters. The lowest BCUT2D eigenvalue weighted by atomic mass is 10.3. The first kappa shape index (κ1) is 9.36. The SMILES string of the molecule is O=CCNc1cc(Cl)ccc1Cl. The van der Waals surface area contributed by atoms with Gasteiger partial charge in [0, 0.05) is 5.02 Å². The van der Waals surface area contributed by atoms with Gasteiger partial charge in [0.15, 0.2) is 0 Å². The minimum Gasteiger partial charge on any atom is -0.377 e. The summed E-state index contributed by atoms with van der Waals surface area (Å²) in [6.07, 6.45) is 0.761. The second-order valence-electron chi connectivity index (χ2n) is 2.17. The maximum atomic E-state index is 10.0. The van der Waals surface area contributed by atoms with Crippen LogP contribution in [0.25, 0.3) is 0 Å². The van der Waals surface area contributed by atoms with Crippen molar-refractivity contribution in [2.45, 2.75) is 0 Å². The first-order chi connectivity index (χ1) is 5.74. The normalized spacial score (nSPS) is 9.50. The molecule has 1 aromatic rings. The van der Waals surface area contributed by atoms with Crippen LogP contribution < -0.4 is 5.32 Å². The van der Waals surface area contributed by atoms with Gasteiger partial charge in [0.25, 0.3) is 0 Å². The topological polar surface area (TPSA) is 29.1 Å². The second-order valence-corrected chi connectivity index (χ2v) is 3.02. The van der Waals surface area contributed by atoms with Crippen molar-refractivity contribution in [1.29, 1.82) is 0 Å². The van der Waals surface area contributed by atoms with Gasteiger partial charge in [-0.2, -0.15) is 0 Å². The molecule has 0 fully saturated rings. The molecule has 0 aliphatic rings. The van der Waals surface area contributed by atoms with E-state index in [4.69, 9.17) is 23.2 Å². The lowest BCUT2D eigenvalue weighted by Crippen LogP contribution is -2.02. The zero-order valence-corrected chi connectivity index (χ0v) is 7.69. The molecular formula is C8H7Cl2NO. The van der Waals surface area contributed by atoms with Crippen LogP contribution in [0.5, 0.6) is 0 Å². The molecule has 0 aromatic heterocycles. The Labute approximate surface area is 80.5 Å². The fourth-order valence-electron chi connectivity index (χ4n) is 0.785. The Kier molecular flexibility index (Phi) is 3.38. The molecule has 0 saturated heterocycles. The third-order valence-corrected chi connectivity index (χ3v) is 1.87. The monoisotopic (exact) mass is 203 g/mol. The van der Waals surface area contributed by atoms with Crippen molar-refractivity contribution in [1.82, 2.24) is 0 Å². The molecule has 1 aromatic carbocycles. The molecule has 4 heteroatoms. The Balaban J connectivity index is 2.82. The molecule has 2 nitrogen and oxygen atoms in total. The van der Waals surface area contributed by atoms with Crippen molar-refractivity contribution in [2.24, 2.45) is 0 Å². The number of benzene rings is 1. The summed E-state index contributed by atoms with van der Waals surface area (Å²) in [7, 11) is 0. The van der Waals surface area contributed by atoms with Gasteiger partial charge in [-0.1, -0.05) is 23.2 Å². The lowest BCUT2D eigenvalue weighted by molar-refractivity contribution is -0.106. The number of hydrogen-bond acceptors (Lipinski definition) is 2. The lowest BCUT2D eigenvalue weighted by Gasteiger charge is -2.04. The molecule has 12 heavy (non-hydrogen) atoms. The van der Waals surface area contributed by atoms with Gasteiger partial charge in [-0.3, -0.25) is 0 Å². The highest BCUT2D eigenvalue weighted by Gasteiger charge is 1.98. The molecular weight excluding hydrogens is 197 g/mol. The van der Waals surface area contributed by atoms with Crippen molar-refractivity contribution in [2.75, 3.05) is 11.9 Å². The Bertz CT molecular complexity index is 288. The zero-order chi connectivity index (χ0) is 8.97. The van der Waals surface area contributed by atoms with Crippen LogP contribution in [-0.4, -0.2) is 12.8 Å². The van der Waals surface area contributed by atoms with Crippen LogP contribution in [0.1, 0.15) is 0 Å². The summed E-state index contributed by atoms with van der Waals surface area (Å²) in [5.74, 6) is 0. The van der Waals surface area contributed by atoms with Gasteiger partial charge in [0.2, 0.25) is 0 Å². The highest BCUT2D eigenvalue weighted by Crippen LogP contribution is 2.24. The average molecular weight is 204 g/mol. The number of halogens is 2. The number of carbonyl (C=O) groups excluding carboxylic acids is 1. The van der Waals surface area contributed by atoms with Crippen molar-refractivity contribution in [3.05, 3.63) is 28.2 Å². The first-order valence-electron chi connectivity index (χ1n) is 3.36. The van der Waals surface area contributed by atoms with E-state index in [-0.39, 0.29) is 6.54 Å². The van der Waals surface area contributed by atoms with E-state index in [2.05, 4.69) is 5.32 Å². The molecule has 0 heterocycles. The minimum absolute atomic E-state index is 0.236. The summed E-state index contributed by atoms with van der Waals surface area (Å²) in [4.78, 5) is 10.0. The van der Waals surface area contributed by atoms with Gasteiger partial charge < -0.3 is 10.1 Å². The van der Waals surface area contributed by atoms with Crippen LogP contribution >= 0.6 is 23.2 Å². The number of anilines is 1. The van der Waals surface area contributed by atoms with Crippen LogP contribution in [0.4, 0.5) is 5.69 Å². The van der Waals surface area contributed by atoms with Gasteiger partial charge in [0.1, 0.15) is 6.29 Å². The number of aldehydes is 1. The van der Waals surface area contributed by atoms with Gasteiger partial charge in [-0.25, -0.2) is 0 Å². The van der Waals surface area contributed by atoms with Crippen LogP contribution in [-0.2, 0) is 4.79 Å². The van der Waals surface area contributed by atoms with Crippen LogP contribution in [0, 0.1) is 0 Å². The molecule has 0 saturated carbocycles. The van der Waals surface area contributed by atoms with E-state index in [9.17, 15) is 4.79 Å². The van der Waals surface area contributed by atoms with Gasteiger partial charge in [0.05, 0.1) is 17.3 Å². The van der Waals surface area contributed by atoms with E-state index >= 15 is 0 Å². The summed E-state index contributed by atoms with van der Waals surface area (Å²) < 4.78 is 0. The summed E-state index contributed by atoms with van der Waals surface area (Å²) in [6, 6.07) is 5.04. The predicted molar refractivity (Wildman–Crippen MR) is 51.0 cm³/mol. The number of carbonyl (C=O) groups is 1. The van der Waals surface area contributed by atoms with Gasteiger partial charge >= 0.3 is 0 Å². The molecule has 64 valence electrons. The zero-order valence-electron chi connectivity index (χ0n) is 6.18. The smallest absolute Gasteiger partial charge is 0.139 e. The minimum atomic E-state index is 0.236. The van der Waals surface area contributed by atoms with E-state index in [1.807, 2.05) is 0 Å². The third-order valence-electron chi connectivity index (χ3n) is 1.30. The summed E-state index contributed by atoms with van der Waals surface area (Å²) in [5.41, 5.74) is 0.677. The molecule has 0 bridgehead atoms. The standard InChI is InChI=1S/C8H7Cl2NO/c9-6-1-2-7(10)8(5-6)11-3-4-12/h1-2,4-5,11H,3H2. The fraction of sp³-hybridized carbons (Fsp3) is 0.125. The highest BCUT2D eigenvalue weighted by molar-refractivity contribution is 6.35. The molecule has 0 spiro atoms. The maximum Gasteiger partial charge on any atom is 0.139 e. The van der Waals surface area contributed by atoms with Crippen molar-refractivity contribution >= 4 is 35.2 Å². The molecule has 1 N–H and O–H groups in total. The summed E-state index contributed by atoms with van der Waals surface area (Å²) >= 11 is 11.5. The van der Waals surface area contributed by atoms with Gasteiger partial charge in [-0.05, 0) is 18.2 Å². The van der Waals surface area contributed by atoms with E-state index in [1.54, 1.807) is 18.2 Å². The Hall–Kier alpha value is -0.730. The second kappa shape index (κ2) is 4.33. The van der Waals surface area contributed by atoms with Crippen LogP contribution in [0.3, 0.4) is 0 Å². The maximum absolute atomic E-state index is 10.0. The Morgan fingerprint density at radius 3 is 2.83 bits per heavy atom. The molecule has 0 atom stereocenters. The van der Waals surface area contributed by atoms with Crippen LogP contribution in [0.15, 0.2) is 18.2 Å². The summed E-state index contributed by atoms with van der Waals surface area (Å²) in [6.45, 7) is 0.236.